The second-order valence-electron chi connectivity index (χ2n) is 4.90. The smallest absolute Gasteiger partial charge is 0.237 e. The van der Waals surface area contributed by atoms with Crippen molar-refractivity contribution < 1.29 is 4.79 Å². The normalized spacial score (nSPS) is 20.1. The maximum absolute atomic E-state index is 12.0. The number of halogens is 2. The van der Waals surface area contributed by atoms with Crippen LogP contribution in [0.5, 0.6) is 0 Å². The summed E-state index contributed by atoms with van der Waals surface area (Å²) in [6.07, 6.45) is 3.33. The minimum absolute atomic E-state index is 0. The number of nitrogens with one attached hydrogen (secondary N) is 2. The van der Waals surface area contributed by atoms with Gasteiger partial charge < -0.3 is 15.5 Å². The SMILES string of the molecule is CCN(CC)CC(C)NC(=O)[C@@H]1CCCCN1.Cl.Cl. The highest BCUT2D eigenvalue weighted by Gasteiger charge is 2.21. The summed E-state index contributed by atoms with van der Waals surface area (Å²) in [5.41, 5.74) is 0. The second-order valence-corrected chi connectivity index (χ2v) is 4.90. The zero-order chi connectivity index (χ0) is 12.7. The predicted molar refractivity (Wildman–Crippen MR) is 85.5 cm³/mol. The molecule has 6 heteroatoms. The van der Waals surface area contributed by atoms with Crippen molar-refractivity contribution in [1.29, 1.82) is 0 Å². The van der Waals surface area contributed by atoms with Crippen LogP contribution in [-0.2, 0) is 4.79 Å². The predicted octanol–water partition coefficient (Wildman–Crippen LogP) is 1.82. The molecule has 1 fully saturated rings. The van der Waals surface area contributed by atoms with Gasteiger partial charge in [-0.05, 0) is 39.4 Å². The minimum atomic E-state index is 0. The molecule has 0 aromatic carbocycles. The van der Waals surface area contributed by atoms with Crippen molar-refractivity contribution in [2.75, 3.05) is 26.2 Å². The zero-order valence-electron chi connectivity index (χ0n) is 12.3. The summed E-state index contributed by atoms with van der Waals surface area (Å²) in [7, 11) is 0. The zero-order valence-corrected chi connectivity index (χ0v) is 13.9. The standard InChI is InChI=1S/C13H27N3O.2ClH/c1-4-16(5-2)10-11(3)15-13(17)12-8-6-7-9-14-12;;/h11-12,14H,4-10H2,1-3H3,(H,15,17);2*1H/t11?,12-;;/m0../s1. The van der Waals surface area contributed by atoms with Crippen LogP contribution in [0.1, 0.15) is 40.0 Å². The molecule has 19 heavy (non-hydrogen) atoms. The fourth-order valence-electron chi connectivity index (χ4n) is 2.33. The maximum Gasteiger partial charge on any atom is 0.237 e. The van der Waals surface area contributed by atoms with Crippen LogP contribution in [0.4, 0.5) is 0 Å². The molecular formula is C13H29Cl2N3O. The summed E-state index contributed by atoms with van der Waals surface area (Å²) in [5, 5.41) is 6.39. The van der Waals surface area contributed by atoms with Crippen molar-refractivity contribution in [2.45, 2.75) is 52.1 Å². The lowest BCUT2D eigenvalue weighted by Gasteiger charge is -2.27. The van der Waals surface area contributed by atoms with Gasteiger partial charge >= 0.3 is 0 Å². The van der Waals surface area contributed by atoms with Gasteiger partial charge in [0.15, 0.2) is 0 Å². The molecule has 1 unspecified atom stereocenters. The molecule has 1 rings (SSSR count). The van der Waals surface area contributed by atoms with E-state index in [0.717, 1.165) is 39.0 Å². The molecule has 0 bridgehead atoms. The van der Waals surface area contributed by atoms with E-state index in [2.05, 4.69) is 36.3 Å². The minimum Gasteiger partial charge on any atom is -0.351 e. The van der Waals surface area contributed by atoms with Crippen LogP contribution >= 0.6 is 24.8 Å². The van der Waals surface area contributed by atoms with Crippen LogP contribution in [0, 0.1) is 0 Å². The highest BCUT2D eigenvalue weighted by molar-refractivity contribution is 5.85. The fraction of sp³-hybridized carbons (Fsp3) is 0.923. The van der Waals surface area contributed by atoms with E-state index in [1.165, 1.54) is 6.42 Å². The molecule has 116 valence electrons. The fourth-order valence-corrected chi connectivity index (χ4v) is 2.33. The maximum atomic E-state index is 12.0. The van der Waals surface area contributed by atoms with Crippen molar-refractivity contribution in [1.82, 2.24) is 15.5 Å². The van der Waals surface area contributed by atoms with Gasteiger partial charge in [0.05, 0.1) is 6.04 Å². The number of carbonyl (C=O) groups excluding carboxylic acids is 1. The molecule has 0 spiro atoms. The van der Waals surface area contributed by atoms with Gasteiger partial charge in [-0.2, -0.15) is 0 Å². The Bertz CT molecular complexity index is 232. The third-order valence-electron chi connectivity index (χ3n) is 3.44. The first-order chi connectivity index (χ1) is 8.17. The Morgan fingerprint density at radius 2 is 1.95 bits per heavy atom. The quantitative estimate of drug-likeness (QED) is 0.786. The van der Waals surface area contributed by atoms with Gasteiger partial charge in [0.2, 0.25) is 5.91 Å². The molecule has 0 aromatic heterocycles. The molecular weight excluding hydrogens is 285 g/mol. The highest BCUT2D eigenvalue weighted by atomic mass is 35.5. The van der Waals surface area contributed by atoms with E-state index in [1.54, 1.807) is 0 Å². The molecule has 2 N–H and O–H groups in total. The first-order valence-electron chi connectivity index (χ1n) is 6.93. The molecule has 1 heterocycles. The Kier molecular flexibility index (Phi) is 13.2. The summed E-state index contributed by atoms with van der Waals surface area (Å²) < 4.78 is 0. The van der Waals surface area contributed by atoms with Crippen LogP contribution in [-0.4, -0.2) is 49.1 Å². The van der Waals surface area contributed by atoms with Crippen LogP contribution in [0.25, 0.3) is 0 Å². The van der Waals surface area contributed by atoms with Crippen molar-refractivity contribution in [3.63, 3.8) is 0 Å². The van der Waals surface area contributed by atoms with Crippen LogP contribution in [0.2, 0.25) is 0 Å². The third-order valence-corrected chi connectivity index (χ3v) is 3.44. The third kappa shape index (κ3) is 7.98. The largest absolute Gasteiger partial charge is 0.351 e. The van der Waals surface area contributed by atoms with E-state index in [-0.39, 0.29) is 42.8 Å². The van der Waals surface area contributed by atoms with E-state index in [4.69, 9.17) is 0 Å². The van der Waals surface area contributed by atoms with Gasteiger partial charge in [0.1, 0.15) is 0 Å². The van der Waals surface area contributed by atoms with E-state index in [1.807, 2.05) is 0 Å². The number of rotatable bonds is 6. The number of hydrogen-bond donors (Lipinski definition) is 2. The molecule has 0 saturated carbocycles. The average molecular weight is 314 g/mol. The summed E-state index contributed by atoms with van der Waals surface area (Å²) in [6, 6.07) is 0.258. The van der Waals surface area contributed by atoms with Crippen LogP contribution in [0.3, 0.4) is 0 Å². The Balaban J connectivity index is 0. The molecule has 0 aliphatic carbocycles. The lowest BCUT2D eigenvalue weighted by atomic mass is 10.0. The monoisotopic (exact) mass is 313 g/mol. The van der Waals surface area contributed by atoms with Crippen LogP contribution < -0.4 is 10.6 Å². The molecule has 1 amide bonds. The van der Waals surface area contributed by atoms with Gasteiger partial charge in [0.25, 0.3) is 0 Å². The van der Waals surface area contributed by atoms with Gasteiger partial charge in [-0.25, -0.2) is 0 Å². The number of likely N-dealkylation sites (N-methyl/N-ethyl adjacent to an activating group) is 1. The molecule has 2 atom stereocenters. The Hall–Kier alpha value is -0.0300. The van der Waals surface area contributed by atoms with Crippen molar-refractivity contribution >= 4 is 30.7 Å². The number of amides is 1. The van der Waals surface area contributed by atoms with Crippen LogP contribution in [0.15, 0.2) is 0 Å². The first-order valence-corrected chi connectivity index (χ1v) is 6.93. The number of hydrogen-bond acceptors (Lipinski definition) is 3. The molecule has 1 saturated heterocycles. The Morgan fingerprint density at radius 1 is 1.32 bits per heavy atom. The van der Waals surface area contributed by atoms with Crippen molar-refractivity contribution in [2.24, 2.45) is 0 Å². The molecule has 4 nitrogen and oxygen atoms in total. The summed E-state index contributed by atoms with van der Waals surface area (Å²) in [4.78, 5) is 14.3. The lowest BCUT2D eigenvalue weighted by molar-refractivity contribution is -0.124. The number of piperidine rings is 1. The lowest BCUT2D eigenvalue weighted by Crippen LogP contribution is -2.51. The Labute approximate surface area is 129 Å². The molecule has 0 aromatic rings. The average Bonchev–Trinajstić information content (AvgIpc) is 2.37. The highest BCUT2D eigenvalue weighted by Crippen LogP contribution is 2.07. The van der Waals surface area contributed by atoms with E-state index in [9.17, 15) is 4.79 Å². The number of nitrogens with zero attached hydrogens (tertiary/aromatic N) is 1. The van der Waals surface area contributed by atoms with E-state index >= 15 is 0 Å². The topological polar surface area (TPSA) is 44.4 Å². The Morgan fingerprint density at radius 3 is 2.42 bits per heavy atom. The number of carbonyl (C=O) groups is 1. The molecule has 1 aliphatic rings. The molecule has 1 aliphatic heterocycles. The summed E-state index contributed by atoms with van der Waals surface area (Å²) in [5.74, 6) is 0.171. The van der Waals surface area contributed by atoms with Crippen molar-refractivity contribution in [3.8, 4) is 0 Å². The summed E-state index contributed by atoms with van der Waals surface area (Å²) >= 11 is 0. The van der Waals surface area contributed by atoms with Gasteiger partial charge in [0, 0.05) is 12.6 Å². The van der Waals surface area contributed by atoms with Gasteiger partial charge in [-0.15, -0.1) is 24.8 Å². The van der Waals surface area contributed by atoms with E-state index < -0.39 is 0 Å². The molecule has 0 radical (unpaired) electrons. The second kappa shape index (κ2) is 11.8. The van der Waals surface area contributed by atoms with Gasteiger partial charge in [-0.3, -0.25) is 4.79 Å². The van der Waals surface area contributed by atoms with E-state index in [0.29, 0.717) is 0 Å². The van der Waals surface area contributed by atoms with Crippen molar-refractivity contribution in [3.05, 3.63) is 0 Å². The first kappa shape index (κ1) is 21.3. The van der Waals surface area contributed by atoms with Gasteiger partial charge in [-0.1, -0.05) is 20.3 Å². The summed E-state index contributed by atoms with van der Waals surface area (Å²) in [6.45, 7) is 10.4.